The number of H-pyrrole nitrogens is 1. The number of fused-ring (bicyclic) bond motifs is 1. The van der Waals surface area contributed by atoms with E-state index in [9.17, 15) is 17.4 Å². The van der Waals surface area contributed by atoms with Crippen molar-refractivity contribution >= 4 is 21.8 Å². The number of nitrogens with one attached hydrogen (secondary N) is 1. The van der Waals surface area contributed by atoms with Gasteiger partial charge in [-0.05, 0) is 38.1 Å². The number of benzene rings is 1. The smallest absolute Gasteiger partial charge is 1.00 e. The molecule has 0 aliphatic heterocycles. The fraction of sp³-hybridized carbons (Fsp3) is 0.368. The summed E-state index contributed by atoms with van der Waals surface area (Å²) in [6.07, 6.45) is -2.90. The van der Waals surface area contributed by atoms with Crippen LogP contribution in [0.3, 0.4) is 0 Å². The molecule has 0 bridgehead atoms. The first-order chi connectivity index (χ1) is 13.8. The van der Waals surface area contributed by atoms with E-state index in [1.54, 1.807) is 12.3 Å². The van der Waals surface area contributed by atoms with Gasteiger partial charge in [0, 0.05) is 18.4 Å². The molecule has 1 aromatic carbocycles. The minimum absolute atomic E-state index is 0. The summed E-state index contributed by atoms with van der Waals surface area (Å²) in [7, 11) is -1.61. The van der Waals surface area contributed by atoms with Gasteiger partial charge in [0.2, 0.25) is 0 Å². The molecule has 30 heavy (non-hydrogen) atoms. The Morgan fingerprint density at radius 1 is 1.23 bits per heavy atom. The van der Waals surface area contributed by atoms with Crippen molar-refractivity contribution in [2.45, 2.75) is 30.9 Å². The van der Waals surface area contributed by atoms with Crippen LogP contribution in [0.15, 0.2) is 35.6 Å². The summed E-state index contributed by atoms with van der Waals surface area (Å²) < 4.78 is 62.2. The van der Waals surface area contributed by atoms with Gasteiger partial charge in [-0.15, -0.1) is 0 Å². The number of aromatic nitrogens is 3. The molecule has 1 unspecified atom stereocenters. The van der Waals surface area contributed by atoms with E-state index in [1.165, 1.54) is 6.07 Å². The molecule has 158 valence electrons. The summed E-state index contributed by atoms with van der Waals surface area (Å²) in [6.45, 7) is 5.15. The number of ether oxygens (including phenoxy) is 2. The Kier molecular flexibility index (Phi) is 8.86. The van der Waals surface area contributed by atoms with Crippen molar-refractivity contribution in [2.75, 3.05) is 19.8 Å². The number of hydrogen-bond donors (Lipinski definition) is 1. The third-order valence-corrected chi connectivity index (χ3v) is 5.38. The van der Waals surface area contributed by atoms with Gasteiger partial charge < -0.3 is 15.9 Å². The van der Waals surface area contributed by atoms with E-state index in [1.807, 2.05) is 13.8 Å². The number of nitrogens with zero attached hydrogens (tertiary/aromatic N) is 2. The van der Waals surface area contributed by atoms with Crippen LogP contribution in [0.1, 0.15) is 25.2 Å². The van der Waals surface area contributed by atoms with Crippen molar-refractivity contribution in [1.29, 1.82) is 0 Å². The van der Waals surface area contributed by atoms with Gasteiger partial charge in [-0.25, -0.2) is 4.98 Å². The fourth-order valence-corrected chi connectivity index (χ4v) is 3.78. The number of alkyl halides is 3. The van der Waals surface area contributed by atoms with E-state index < -0.39 is 22.5 Å². The molecule has 0 spiro atoms. The molecule has 11 heteroatoms. The quantitative estimate of drug-likeness (QED) is 0.411. The second-order valence-electron chi connectivity index (χ2n) is 6.19. The molecular weight excluding hydrogens is 430 g/mol. The predicted octanol–water partition coefficient (Wildman–Crippen LogP) is 1.12. The van der Waals surface area contributed by atoms with Crippen LogP contribution >= 0.6 is 0 Å². The SMILES string of the molecule is CCOCCOc1ccnc(CS(=O)c2nc3ccc(C(F)(F)F)cc3[nH]2)c1C.[H-].[Na+]. The normalized spacial score (nSPS) is 12.6. The van der Waals surface area contributed by atoms with E-state index in [0.717, 1.165) is 17.7 Å². The topological polar surface area (TPSA) is 77.1 Å². The van der Waals surface area contributed by atoms with Crippen molar-refractivity contribution in [3.8, 4) is 5.75 Å². The first-order valence-electron chi connectivity index (χ1n) is 8.90. The Morgan fingerprint density at radius 2 is 2.00 bits per heavy atom. The van der Waals surface area contributed by atoms with Crippen LogP contribution < -0.4 is 34.3 Å². The molecule has 0 saturated heterocycles. The average molecular weight is 451 g/mol. The molecule has 0 saturated carbocycles. The first-order valence-corrected chi connectivity index (χ1v) is 10.2. The van der Waals surface area contributed by atoms with E-state index in [2.05, 4.69) is 15.0 Å². The van der Waals surface area contributed by atoms with Crippen molar-refractivity contribution in [3.05, 3.63) is 47.3 Å². The third kappa shape index (κ3) is 6.04. The van der Waals surface area contributed by atoms with Crippen molar-refractivity contribution in [3.63, 3.8) is 0 Å². The largest absolute Gasteiger partial charge is 1.00 e. The number of hydrogen-bond acceptors (Lipinski definition) is 5. The van der Waals surface area contributed by atoms with Gasteiger partial charge in [0.05, 0.1) is 45.5 Å². The molecule has 1 atom stereocenters. The Hall–Kier alpha value is -1.46. The number of pyridine rings is 1. The Balaban J connectivity index is 0.00000240. The Bertz CT molecular complexity index is 1030. The molecule has 0 fully saturated rings. The average Bonchev–Trinajstić information content (AvgIpc) is 3.10. The molecule has 1 N–H and O–H groups in total. The maximum Gasteiger partial charge on any atom is 1.00 e. The van der Waals surface area contributed by atoms with Crippen LogP contribution in [0.5, 0.6) is 5.75 Å². The molecule has 2 aromatic heterocycles. The van der Waals surface area contributed by atoms with Gasteiger partial charge in [-0.2, -0.15) is 13.2 Å². The zero-order valence-corrected chi connectivity index (χ0v) is 19.7. The van der Waals surface area contributed by atoms with E-state index >= 15 is 0 Å². The van der Waals surface area contributed by atoms with E-state index in [0.29, 0.717) is 36.8 Å². The zero-order chi connectivity index (χ0) is 21.0. The zero-order valence-electron chi connectivity index (χ0n) is 17.9. The predicted molar refractivity (Wildman–Crippen MR) is 103 cm³/mol. The summed E-state index contributed by atoms with van der Waals surface area (Å²) in [5.41, 5.74) is 1.02. The van der Waals surface area contributed by atoms with Crippen molar-refractivity contribution < 1.29 is 57.8 Å². The molecule has 2 heterocycles. The molecule has 3 aromatic rings. The molecule has 0 radical (unpaired) electrons. The Morgan fingerprint density at radius 3 is 2.70 bits per heavy atom. The Labute approximate surface area is 197 Å². The van der Waals surface area contributed by atoms with Gasteiger partial charge in [0.1, 0.15) is 12.4 Å². The van der Waals surface area contributed by atoms with E-state index in [-0.39, 0.29) is 47.4 Å². The summed E-state index contributed by atoms with van der Waals surface area (Å²) in [6, 6.07) is 4.88. The summed E-state index contributed by atoms with van der Waals surface area (Å²) in [5, 5.41) is 0.100. The maximum absolute atomic E-state index is 12.9. The fourth-order valence-electron chi connectivity index (χ4n) is 2.68. The van der Waals surface area contributed by atoms with Crippen LogP contribution in [0.25, 0.3) is 11.0 Å². The molecule has 6 nitrogen and oxygen atoms in total. The molecule has 0 aliphatic carbocycles. The first kappa shape index (κ1) is 24.8. The number of imidazole rings is 1. The van der Waals surface area contributed by atoms with Gasteiger partial charge in [0.15, 0.2) is 5.16 Å². The summed E-state index contributed by atoms with van der Waals surface area (Å²) in [4.78, 5) is 11.1. The van der Waals surface area contributed by atoms with Crippen molar-refractivity contribution in [1.82, 2.24) is 15.0 Å². The third-order valence-electron chi connectivity index (χ3n) is 4.22. The summed E-state index contributed by atoms with van der Waals surface area (Å²) in [5.74, 6) is 0.673. The summed E-state index contributed by atoms with van der Waals surface area (Å²) >= 11 is 0. The molecule has 3 rings (SSSR count). The van der Waals surface area contributed by atoms with Crippen LogP contribution in [-0.4, -0.2) is 39.0 Å². The van der Waals surface area contributed by atoms with Crippen LogP contribution in [0, 0.1) is 6.92 Å². The van der Waals surface area contributed by atoms with Gasteiger partial charge in [0.25, 0.3) is 0 Å². The number of halogens is 3. The van der Waals surface area contributed by atoms with Crippen LogP contribution in [-0.2, 0) is 27.5 Å². The molecule has 0 amide bonds. The standard InChI is InChI=1S/C19H20F3N3O3S.Na.H/c1-3-27-8-9-28-17-6-7-23-16(12(17)2)11-29(26)18-24-14-5-4-13(19(20,21)22)10-15(14)25-18;;/h4-7,10H,3,8-9,11H2,1-2H3,(H,24,25);;/q;+1;-1. The monoisotopic (exact) mass is 451 g/mol. The minimum atomic E-state index is -4.46. The minimum Gasteiger partial charge on any atom is -1.00 e. The second kappa shape index (κ2) is 10.7. The van der Waals surface area contributed by atoms with Gasteiger partial charge >= 0.3 is 35.7 Å². The van der Waals surface area contributed by atoms with Crippen LogP contribution in [0.2, 0.25) is 0 Å². The van der Waals surface area contributed by atoms with Gasteiger partial charge in [-0.3, -0.25) is 9.19 Å². The second-order valence-corrected chi connectivity index (χ2v) is 7.55. The molecule has 0 aliphatic rings. The van der Waals surface area contributed by atoms with Gasteiger partial charge in [-0.1, -0.05) is 0 Å². The molecular formula is C19H21F3N3NaO3S. The number of rotatable bonds is 8. The number of aromatic amines is 1. The van der Waals surface area contributed by atoms with E-state index in [4.69, 9.17) is 9.47 Å². The maximum atomic E-state index is 12.9. The van der Waals surface area contributed by atoms with Crippen LogP contribution in [0.4, 0.5) is 13.2 Å². The van der Waals surface area contributed by atoms with Crippen molar-refractivity contribution in [2.24, 2.45) is 0 Å².